The molecule has 4 nitrogen and oxygen atoms in total. The van der Waals surface area contributed by atoms with Crippen molar-refractivity contribution in [2.24, 2.45) is 0 Å². The Morgan fingerprint density at radius 1 is 1.06 bits per heavy atom. The van der Waals surface area contributed by atoms with Gasteiger partial charge in [-0.2, -0.15) is 0 Å². The molecule has 1 aromatic rings. The van der Waals surface area contributed by atoms with Gasteiger partial charge < -0.3 is 9.80 Å². The van der Waals surface area contributed by atoms with E-state index in [4.69, 9.17) is 0 Å². The van der Waals surface area contributed by atoms with Crippen LogP contribution in [0.25, 0.3) is 0 Å². The lowest BCUT2D eigenvalue weighted by molar-refractivity contribution is 0.312. The number of piperazine rings is 1. The van der Waals surface area contributed by atoms with Crippen LogP contribution in [0.2, 0.25) is 0 Å². The molecule has 0 N–H and O–H groups in total. The predicted octanol–water partition coefficient (Wildman–Crippen LogP) is 1.03. The van der Waals surface area contributed by atoms with Crippen molar-refractivity contribution < 1.29 is 0 Å². The van der Waals surface area contributed by atoms with E-state index in [1.54, 1.807) is 0 Å². The molecule has 1 aromatic heterocycles. The topological polar surface area (TPSA) is 19.4 Å². The molecule has 0 radical (unpaired) electrons. The van der Waals surface area contributed by atoms with E-state index < -0.39 is 0 Å². The molecule has 1 aliphatic rings. The number of hydrogen-bond donors (Lipinski definition) is 0. The maximum Gasteiger partial charge on any atom is 0.226 e. The highest BCUT2D eigenvalue weighted by atomic mass is 15.3. The van der Waals surface area contributed by atoms with Crippen molar-refractivity contribution >= 4 is 11.5 Å². The van der Waals surface area contributed by atoms with Gasteiger partial charge in [0.15, 0.2) is 0 Å². The molecule has 0 amide bonds. The van der Waals surface area contributed by atoms with Crippen LogP contribution in [0.3, 0.4) is 0 Å². The summed E-state index contributed by atoms with van der Waals surface area (Å²) in [5.74, 6) is 1.10. The van der Waals surface area contributed by atoms with Gasteiger partial charge in [-0.1, -0.05) is 0 Å². The molecule has 1 saturated heterocycles. The molecule has 0 saturated carbocycles. The van der Waals surface area contributed by atoms with Crippen molar-refractivity contribution in [2.75, 3.05) is 59.3 Å². The van der Waals surface area contributed by atoms with Gasteiger partial charge in [0.25, 0.3) is 0 Å². The summed E-state index contributed by atoms with van der Waals surface area (Å²) in [6, 6.07) is 4.32. The van der Waals surface area contributed by atoms with E-state index in [1.807, 2.05) is 6.20 Å². The predicted molar refractivity (Wildman–Crippen MR) is 73.5 cm³/mol. The van der Waals surface area contributed by atoms with Gasteiger partial charge in [0.1, 0.15) is 0 Å². The highest BCUT2D eigenvalue weighted by molar-refractivity contribution is 5.49. The second kappa shape index (κ2) is 4.63. The van der Waals surface area contributed by atoms with Crippen molar-refractivity contribution in [2.45, 2.75) is 0 Å². The summed E-state index contributed by atoms with van der Waals surface area (Å²) in [7, 11) is 8.59. The summed E-state index contributed by atoms with van der Waals surface area (Å²) in [4.78, 5) is 9.34. The Kier molecular flexibility index (Phi) is 3.35. The zero-order chi connectivity index (χ0) is 12.5. The molecule has 2 heterocycles. The van der Waals surface area contributed by atoms with Gasteiger partial charge in [0.2, 0.25) is 5.82 Å². The summed E-state index contributed by atoms with van der Waals surface area (Å²) in [5.41, 5.74) is 1.25. The molecule has 0 aromatic carbocycles. The normalized spacial score (nSPS) is 18.5. The molecular weight excluding hydrogens is 212 g/mol. The van der Waals surface area contributed by atoms with Gasteiger partial charge in [-0.25, -0.2) is 4.98 Å². The maximum atomic E-state index is 4.56. The van der Waals surface area contributed by atoms with Gasteiger partial charge >= 0.3 is 0 Å². The molecule has 4 heteroatoms. The highest BCUT2D eigenvalue weighted by Gasteiger charge is 2.17. The van der Waals surface area contributed by atoms with Crippen LogP contribution < -0.4 is 9.38 Å². The van der Waals surface area contributed by atoms with Crippen LogP contribution in [-0.4, -0.2) is 64.3 Å². The molecular formula is C13H23N4+. The lowest BCUT2D eigenvalue weighted by atomic mass is 10.3. The molecule has 0 bridgehead atoms. The van der Waals surface area contributed by atoms with E-state index in [2.05, 4.69) is 55.1 Å². The second-order valence-electron chi connectivity index (χ2n) is 5.68. The number of hydrogen-bond acceptors (Lipinski definition) is 3. The first-order chi connectivity index (χ1) is 7.97. The quantitative estimate of drug-likeness (QED) is 0.714. The Balaban J connectivity index is 2.08. The Morgan fingerprint density at radius 2 is 1.71 bits per heavy atom. The van der Waals surface area contributed by atoms with Crippen molar-refractivity contribution in [3.05, 3.63) is 18.3 Å². The van der Waals surface area contributed by atoms with E-state index in [0.29, 0.717) is 0 Å². The van der Waals surface area contributed by atoms with Crippen molar-refractivity contribution in [1.29, 1.82) is 0 Å². The van der Waals surface area contributed by atoms with Crippen LogP contribution in [0.4, 0.5) is 11.5 Å². The first kappa shape index (κ1) is 12.3. The fourth-order valence-electron chi connectivity index (χ4n) is 2.03. The average Bonchev–Trinajstić information content (AvgIpc) is 2.29. The number of nitrogens with zero attached hydrogens (tertiary/aromatic N) is 4. The Labute approximate surface area is 104 Å². The van der Waals surface area contributed by atoms with E-state index in [-0.39, 0.29) is 0 Å². The molecule has 0 unspecified atom stereocenters. The zero-order valence-electron chi connectivity index (χ0n) is 11.3. The Bertz CT molecular complexity index is 358. The molecule has 0 aliphatic carbocycles. The van der Waals surface area contributed by atoms with Crippen molar-refractivity contribution in [1.82, 2.24) is 14.4 Å². The van der Waals surface area contributed by atoms with E-state index in [1.165, 1.54) is 5.69 Å². The van der Waals surface area contributed by atoms with Gasteiger partial charge in [0.05, 0.1) is 33.0 Å². The number of aromatic nitrogens is 1. The van der Waals surface area contributed by atoms with Gasteiger partial charge in [-0.15, -0.1) is 0 Å². The summed E-state index contributed by atoms with van der Waals surface area (Å²) < 4.78 is 0.767. The SMILES string of the molecule is CN1CCN(c2ccc([N+](C)(C)C)nc2)CC1. The van der Waals surface area contributed by atoms with E-state index >= 15 is 0 Å². The van der Waals surface area contributed by atoms with Gasteiger partial charge in [-0.3, -0.25) is 4.48 Å². The fourth-order valence-corrected chi connectivity index (χ4v) is 2.03. The van der Waals surface area contributed by atoms with Crippen LogP contribution in [-0.2, 0) is 0 Å². The molecule has 2 rings (SSSR count). The van der Waals surface area contributed by atoms with Crippen molar-refractivity contribution in [3.63, 3.8) is 0 Å². The van der Waals surface area contributed by atoms with Crippen LogP contribution in [0, 0.1) is 0 Å². The third-order valence-corrected chi connectivity index (χ3v) is 3.29. The van der Waals surface area contributed by atoms with E-state index in [9.17, 15) is 0 Å². The molecule has 1 aliphatic heterocycles. The number of quaternary nitrogens is 1. The third kappa shape index (κ3) is 2.96. The standard InChI is InChI=1S/C13H23N4/c1-15-7-9-16(10-8-15)12-5-6-13(14-11-12)17(2,3)4/h5-6,11H,7-10H2,1-4H3/q+1. The number of likely N-dealkylation sites (N-methyl/N-ethyl adjacent to an activating group) is 1. The minimum atomic E-state index is 0.767. The Hall–Kier alpha value is -1.13. The summed E-state index contributed by atoms with van der Waals surface area (Å²) in [6.07, 6.45) is 2.00. The first-order valence-electron chi connectivity index (χ1n) is 6.18. The fraction of sp³-hybridized carbons (Fsp3) is 0.615. The summed E-state index contributed by atoms with van der Waals surface area (Å²) in [5, 5.41) is 0. The maximum absolute atomic E-state index is 4.56. The second-order valence-corrected chi connectivity index (χ2v) is 5.68. The average molecular weight is 235 g/mol. The number of anilines is 1. The molecule has 1 fully saturated rings. The van der Waals surface area contributed by atoms with Crippen LogP contribution >= 0.6 is 0 Å². The zero-order valence-corrected chi connectivity index (χ0v) is 11.3. The van der Waals surface area contributed by atoms with Crippen LogP contribution in [0.15, 0.2) is 18.3 Å². The van der Waals surface area contributed by atoms with Gasteiger partial charge in [-0.05, 0) is 13.1 Å². The minimum Gasteiger partial charge on any atom is -0.368 e. The lowest BCUT2D eigenvalue weighted by Gasteiger charge is -2.34. The molecule has 0 atom stereocenters. The minimum absolute atomic E-state index is 0.767. The largest absolute Gasteiger partial charge is 0.368 e. The number of pyridine rings is 1. The van der Waals surface area contributed by atoms with Crippen molar-refractivity contribution in [3.8, 4) is 0 Å². The molecule has 17 heavy (non-hydrogen) atoms. The van der Waals surface area contributed by atoms with E-state index in [0.717, 1.165) is 36.5 Å². The highest BCUT2D eigenvalue weighted by Crippen LogP contribution is 2.19. The first-order valence-corrected chi connectivity index (χ1v) is 6.18. The molecule has 0 spiro atoms. The number of rotatable bonds is 2. The van der Waals surface area contributed by atoms with Gasteiger partial charge in [0, 0.05) is 32.2 Å². The third-order valence-electron chi connectivity index (χ3n) is 3.29. The smallest absolute Gasteiger partial charge is 0.226 e. The monoisotopic (exact) mass is 235 g/mol. The lowest BCUT2D eigenvalue weighted by Crippen LogP contribution is -2.44. The van der Waals surface area contributed by atoms with Crippen LogP contribution in [0.5, 0.6) is 0 Å². The van der Waals surface area contributed by atoms with Crippen LogP contribution in [0.1, 0.15) is 0 Å². The Morgan fingerprint density at radius 3 is 2.18 bits per heavy atom. The summed E-state index contributed by atoms with van der Waals surface area (Å²) in [6.45, 7) is 4.47. The molecule has 94 valence electrons. The summed E-state index contributed by atoms with van der Waals surface area (Å²) >= 11 is 0.